The third-order valence-corrected chi connectivity index (χ3v) is 5.08. The predicted molar refractivity (Wildman–Crippen MR) is 94.5 cm³/mol. The lowest BCUT2D eigenvalue weighted by Crippen LogP contribution is -2.22. The second-order valence-corrected chi connectivity index (χ2v) is 6.59. The summed E-state index contributed by atoms with van der Waals surface area (Å²) < 4.78 is 14.8. The van der Waals surface area contributed by atoms with Crippen LogP contribution in [0.3, 0.4) is 0 Å². The molecule has 3 heterocycles. The Morgan fingerprint density at radius 1 is 1.24 bits per heavy atom. The summed E-state index contributed by atoms with van der Waals surface area (Å²) >= 11 is 0. The predicted octanol–water partition coefficient (Wildman–Crippen LogP) is 3.11. The standard InChI is InChI=1S/C19H16FN3O2/c20-12-3-4-14-18-16(19(25)22-14)11(13-2-1-6-21-13)8-15(17(12)18)23-7-5-10(24)9-23/h1-4,6,8,10,21,24H,5,7,9H2,(H,22,25). The molecule has 1 unspecified atom stereocenters. The van der Waals surface area contributed by atoms with E-state index in [1.54, 1.807) is 12.3 Å². The van der Waals surface area contributed by atoms with Crippen molar-refractivity contribution in [3.05, 3.63) is 47.9 Å². The minimum absolute atomic E-state index is 0.219. The number of hydrogen-bond donors (Lipinski definition) is 3. The Balaban J connectivity index is 1.88. The zero-order valence-electron chi connectivity index (χ0n) is 13.3. The van der Waals surface area contributed by atoms with Crippen LogP contribution >= 0.6 is 0 Å². The number of halogens is 1. The van der Waals surface area contributed by atoms with Crippen molar-refractivity contribution in [1.29, 1.82) is 0 Å². The zero-order chi connectivity index (χ0) is 17.1. The van der Waals surface area contributed by atoms with Crippen molar-refractivity contribution >= 4 is 28.1 Å². The fourth-order valence-corrected chi connectivity index (χ4v) is 3.95. The average Bonchev–Trinajstić information content (AvgIpc) is 3.32. The second kappa shape index (κ2) is 5.07. The number of aromatic nitrogens is 1. The first kappa shape index (κ1) is 14.5. The highest BCUT2D eigenvalue weighted by molar-refractivity contribution is 6.28. The van der Waals surface area contributed by atoms with E-state index in [9.17, 15) is 14.3 Å². The van der Waals surface area contributed by atoms with E-state index in [0.29, 0.717) is 41.5 Å². The summed E-state index contributed by atoms with van der Waals surface area (Å²) in [5.74, 6) is -0.575. The van der Waals surface area contributed by atoms with Gasteiger partial charge < -0.3 is 20.3 Å². The van der Waals surface area contributed by atoms with Crippen molar-refractivity contribution in [3.8, 4) is 11.3 Å². The molecule has 6 heteroatoms. The monoisotopic (exact) mass is 337 g/mol. The van der Waals surface area contributed by atoms with Gasteiger partial charge in [0.15, 0.2) is 0 Å². The first-order chi connectivity index (χ1) is 12.1. The van der Waals surface area contributed by atoms with Gasteiger partial charge >= 0.3 is 0 Å². The maximum Gasteiger partial charge on any atom is 0.257 e. The van der Waals surface area contributed by atoms with Crippen LogP contribution in [0.1, 0.15) is 16.8 Å². The largest absolute Gasteiger partial charge is 0.391 e. The molecule has 1 amide bonds. The first-order valence-corrected chi connectivity index (χ1v) is 8.31. The molecule has 0 aliphatic carbocycles. The Kier molecular flexibility index (Phi) is 2.93. The van der Waals surface area contributed by atoms with Crippen molar-refractivity contribution in [2.24, 2.45) is 0 Å². The molecule has 25 heavy (non-hydrogen) atoms. The van der Waals surface area contributed by atoms with E-state index in [0.717, 1.165) is 16.9 Å². The van der Waals surface area contributed by atoms with Gasteiger partial charge in [0.25, 0.3) is 5.91 Å². The molecule has 5 nitrogen and oxygen atoms in total. The van der Waals surface area contributed by atoms with Crippen molar-refractivity contribution in [2.45, 2.75) is 12.5 Å². The minimum atomic E-state index is -0.417. The van der Waals surface area contributed by atoms with Gasteiger partial charge in [-0.15, -0.1) is 0 Å². The normalized spacial score (nSPS) is 19.0. The number of aromatic amines is 1. The van der Waals surface area contributed by atoms with Crippen LogP contribution in [0.4, 0.5) is 15.8 Å². The molecule has 1 saturated heterocycles. The number of aliphatic hydroxyl groups is 1. The summed E-state index contributed by atoms with van der Waals surface area (Å²) in [7, 11) is 0. The van der Waals surface area contributed by atoms with E-state index in [2.05, 4.69) is 10.3 Å². The summed E-state index contributed by atoms with van der Waals surface area (Å²) in [4.78, 5) is 17.7. The Morgan fingerprint density at radius 3 is 2.84 bits per heavy atom. The van der Waals surface area contributed by atoms with Crippen molar-refractivity contribution in [1.82, 2.24) is 4.98 Å². The molecule has 2 aromatic carbocycles. The summed E-state index contributed by atoms with van der Waals surface area (Å²) in [6, 6.07) is 8.61. The van der Waals surface area contributed by atoms with E-state index >= 15 is 0 Å². The molecule has 2 aliphatic heterocycles. The number of rotatable bonds is 2. The molecular weight excluding hydrogens is 321 g/mol. The van der Waals surface area contributed by atoms with Crippen LogP contribution in [-0.4, -0.2) is 35.2 Å². The molecule has 0 radical (unpaired) electrons. The molecular formula is C19H16FN3O2. The molecule has 2 aliphatic rings. The highest BCUT2D eigenvalue weighted by Crippen LogP contribution is 2.45. The van der Waals surface area contributed by atoms with Crippen molar-refractivity contribution in [3.63, 3.8) is 0 Å². The van der Waals surface area contributed by atoms with Gasteiger partial charge in [-0.05, 0) is 36.8 Å². The molecule has 1 fully saturated rings. The fourth-order valence-electron chi connectivity index (χ4n) is 3.95. The molecule has 1 atom stereocenters. The number of carbonyl (C=O) groups excluding carboxylic acids is 1. The SMILES string of the molecule is O=C1Nc2ccc(F)c3c(N4CCC(O)C4)cc(-c4ccc[nH]4)c1c23. The number of hydrogen-bond acceptors (Lipinski definition) is 3. The molecule has 0 saturated carbocycles. The minimum Gasteiger partial charge on any atom is -0.391 e. The topological polar surface area (TPSA) is 68.4 Å². The number of amides is 1. The summed E-state index contributed by atoms with van der Waals surface area (Å²) in [6.07, 6.45) is 2.03. The van der Waals surface area contributed by atoms with Gasteiger partial charge in [-0.25, -0.2) is 4.39 Å². The Morgan fingerprint density at radius 2 is 2.12 bits per heavy atom. The summed E-state index contributed by atoms with van der Waals surface area (Å²) in [6.45, 7) is 1.12. The van der Waals surface area contributed by atoms with E-state index in [-0.39, 0.29) is 11.7 Å². The van der Waals surface area contributed by atoms with E-state index in [4.69, 9.17) is 0 Å². The van der Waals surface area contributed by atoms with Gasteiger partial charge in [0.2, 0.25) is 0 Å². The van der Waals surface area contributed by atoms with Crippen LogP contribution in [0.25, 0.3) is 22.0 Å². The number of nitrogens with zero attached hydrogens (tertiary/aromatic N) is 1. The number of β-amino-alcohol motifs (C(OH)–C–C–N with tert-alkyl or cyclic N) is 1. The molecule has 1 aromatic heterocycles. The van der Waals surface area contributed by atoms with Crippen LogP contribution in [0.15, 0.2) is 36.5 Å². The summed E-state index contributed by atoms with van der Waals surface area (Å²) in [5.41, 5.74) is 3.40. The lowest BCUT2D eigenvalue weighted by molar-refractivity contribution is 0.103. The number of benzene rings is 2. The number of nitrogens with one attached hydrogen (secondary N) is 2. The highest BCUT2D eigenvalue weighted by Gasteiger charge is 2.32. The van der Waals surface area contributed by atoms with Crippen molar-refractivity contribution in [2.75, 3.05) is 23.3 Å². The van der Waals surface area contributed by atoms with Crippen molar-refractivity contribution < 1.29 is 14.3 Å². The number of aliphatic hydroxyl groups excluding tert-OH is 1. The van der Waals surface area contributed by atoms with Crippen LogP contribution in [-0.2, 0) is 0 Å². The lowest BCUT2D eigenvalue weighted by atomic mass is 9.95. The van der Waals surface area contributed by atoms with Gasteiger partial charge in [0.05, 0.1) is 11.7 Å². The molecule has 5 rings (SSSR count). The van der Waals surface area contributed by atoms with Gasteiger partial charge in [0.1, 0.15) is 5.82 Å². The maximum atomic E-state index is 14.8. The third-order valence-electron chi connectivity index (χ3n) is 5.08. The molecule has 0 bridgehead atoms. The van der Waals surface area contributed by atoms with Gasteiger partial charge in [0, 0.05) is 52.7 Å². The highest BCUT2D eigenvalue weighted by atomic mass is 19.1. The molecule has 3 aromatic rings. The van der Waals surface area contributed by atoms with Crippen LogP contribution in [0, 0.1) is 5.82 Å². The third kappa shape index (κ3) is 2.01. The van der Waals surface area contributed by atoms with E-state index in [1.165, 1.54) is 6.07 Å². The Hall–Kier alpha value is -2.86. The first-order valence-electron chi connectivity index (χ1n) is 8.31. The number of anilines is 2. The van der Waals surface area contributed by atoms with Gasteiger partial charge in [-0.1, -0.05) is 0 Å². The maximum absolute atomic E-state index is 14.8. The Bertz CT molecular complexity index is 1010. The Labute approximate surface area is 143 Å². The quantitative estimate of drug-likeness (QED) is 0.673. The summed E-state index contributed by atoms with van der Waals surface area (Å²) in [5, 5.41) is 13.8. The van der Waals surface area contributed by atoms with E-state index < -0.39 is 6.10 Å². The molecule has 3 N–H and O–H groups in total. The lowest BCUT2D eigenvalue weighted by Gasteiger charge is -2.22. The van der Waals surface area contributed by atoms with Gasteiger partial charge in [-0.3, -0.25) is 4.79 Å². The average molecular weight is 337 g/mol. The zero-order valence-corrected chi connectivity index (χ0v) is 13.3. The van der Waals surface area contributed by atoms with Gasteiger partial charge in [-0.2, -0.15) is 0 Å². The van der Waals surface area contributed by atoms with Crippen LogP contribution in [0.5, 0.6) is 0 Å². The smallest absolute Gasteiger partial charge is 0.257 e. The van der Waals surface area contributed by atoms with Crippen LogP contribution < -0.4 is 10.2 Å². The number of carbonyl (C=O) groups is 1. The molecule has 0 spiro atoms. The fraction of sp³-hybridized carbons (Fsp3) is 0.211. The second-order valence-electron chi connectivity index (χ2n) is 6.59. The van der Waals surface area contributed by atoms with E-state index in [1.807, 2.05) is 23.1 Å². The van der Waals surface area contributed by atoms with Crippen LogP contribution in [0.2, 0.25) is 0 Å². The number of H-pyrrole nitrogens is 1. The molecule has 126 valence electrons.